The van der Waals surface area contributed by atoms with Crippen LogP contribution in [0.25, 0.3) is 10.9 Å². The van der Waals surface area contributed by atoms with Crippen molar-refractivity contribution in [2.24, 2.45) is 0 Å². The van der Waals surface area contributed by atoms with E-state index in [-0.39, 0.29) is 0 Å². The van der Waals surface area contributed by atoms with Crippen molar-refractivity contribution in [2.45, 2.75) is 40.2 Å². The first-order chi connectivity index (χ1) is 11.3. The third-order valence-electron chi connectivity index (χ3n) is 3.48. The molecule has 1 aromatic carbocycles. The predicted octanol–water partition coefficient (Wildman–Crippen LogP) is 4.27. The average molecular weight is 332 g/mol. The van der Waals surface area contributed by atoms with Crippen molar-refractivity contribution in [2.75, 3.05) is 13.1 Å². The number of rotatable bonds is 3. The zero-order chi connectivity index (χ0) is 17.9. The number of hydrogen-bond donors (Lipinski definition) is 0. The van der Waals surface area contributed by atoms with Gasteiger partial charge in [0.2, 0.25) is 0 Å². The molecule has 0 bridgehead atoms. The lowest BCUT2D eigenvalue weighted by Crippen LogP contribution is -2.33. The van der Waals surface area contributed by atoms with E-state index in [9.17, 15) is 9.59 Å². The molecule has 130 valence electrons. The molecule has 0 atom stereocenters. The summed E-state index contributed by atoms with van der Waals surface area (Å²) >= 11 is 0. The van der Waals surface area contributed by atoms with Gasteiger partial charge >= 0.3 is 12.2 Å². The molecule has 0 fully saturated rings. The molecule has 0 radical (unpaired) electrons. The molecular formula is C18H24N2O4. The third kappa shape index (κ3) is 3.88. The first-order valence-corrected chi connectivity index (χ1v) is 8.07. The van der Waals surface area contributed by atoms with E-state index in [1.807, 2.05) is 26.0 Å². The molecule has 2 rings (SSSR count). The van der Waals surface area contributed by atoms with E-state index in [4.69, 9.17) is 9.47 Å². The van der Waals surface area contributed by atoms with Crippen LogP contribution in [0.1, 0.15) is 34.6 Å². The summed E-state index contributed by atoms with van der Waals surface area (Å²) in [7, 11) is 0. The standard InChI is InChI=1S/C18H24N2O4/c1-6-19(7-2)16(21)23-15-12-20(17(22)24-18(3,4)5)14-11-9-8-10-13(14)15/h8-12H,6-7H2,1-5H3. The maximum absolute atomic E-state index is 12.4. The van der Waals surface area contributed by atoms with Crippen LogP contribution in [0.15, 0.2) is 30.5 Å². The molecule has 1 aromatic heterocycles. The Morgan fingerprint density at radius 2 is 1.75 bits per heavy atom. The fraction of sp³-hybridized carbons (Fsp3) is 0.444. The number of fused-ring (bicyclic) bond motifs is 1. The highest BCUT2D eigenvalue weighted by atomic mass is 16.6. The van der Waals surface area contributed by atoms with E-state index in [1.165, 1.54) is 10.8 Å². The Morgan fingerprint density at radius 3 is 2.33 bits per heavy atom. The van der Waals surface area contributed by atoms with Gasteiger partial charge in [-0.25, -0.2) is 14.2 Å². The maximum Gasteiger partial charge on any atom is 0.419 e. The van der Waals surface area contributed by atoms with E-state index in [1.54, 1.807) is 37.8 Å². The summed E-state index contributed by atoms with van der Waals surface area (Å²) < 4.78 is 12.3. The fourth-order valence-corrected chi connectivity index (χ4v) is 2.33. The van der Waals surface area contributed by atoms with Gasteiger partial charge in [-0.05, 0) is 46.8 Å². The Labute approximate surface area is 141 Å². The molecule has 0 aliphatic heterocycles. The molecule has 0 aliphatic carbocycles. The van der Waals surface area contributed by atoms with Crippen LogP contribution in [-0.2, 0) is 4.74 Å². The number of ether oxygens (including phenoxy) is 2. The minimum absolute atomic E-state index is 0.341. The summed E-state index contributed by atoms with van der Waals surface area (Å²) in [5.74, 6) is 0.341. The summed E-state index contributed by atoms with van der Waals surface area (Å²) in [4.78, 5) is 26.2. The van der Waals surface area contributed by atoms with Crippen molar-refractivity contribution in [3.63, 3.8) is 0 Å². The van der Waals surface area contributed by atoms with Gasteiger partial charge in [0, 0.05) is 18.5 Å². The van der Waals surface area contributed by atoms with E-state index < -0.39 is 17.8 Å². The summed E-state index contributed by atoms with van der Waals surface area (Å²) in [6.45, 7) is 10.3. The van der Waals surface area contributed by atoms with Crippen molar-refractivity contribution in [1.82, 2.24) is 9.47 Å². The number of hydrogen-bond acceptors (Lipinski definition) is 4. The lowest BCUT2D eigenvalue weighted by atomic mass is 10.2. The van der Waals surface area contributed by atoms with E-state index >= 15 is 0 Å². The van der Waals surface area contributed by atoms with Crippen molar-refractivity contribution in [3.05, 3.63) is 30.5 Å². The summed E-state index contributed by atoms with van der Waals surface area (Å²) in [5.41, 5.74) is 0.0228. The van der Waals surface area contributed by atoms with E-state index in [0.29, 0.717) is 29.7 Å². The fourth-order valence-electron chi connectivity index (χ4n) is 2.33. The van der Waals surface area contributed by atoms with E-state index in [0.717, 1.165) is 0 Å². The predicted molar refractivity (Wildman–Crippen MR) is 92.5 cm³/mol. The number of carbonyl (C=O) groups is 2. The van der Waals surface area contributed by atoms with Crippen LogP contribution in [0, 0.1) is 0 Å². The van der Waals surface area contributed by atoms with Gasteiger partial charge < -0.3 is 14.4 Å². The molecule has 0 spiro atoms. The van der Waals surface area contributed by atoms with Crippen LogP contribution in [0.4, 0.5) is 9.59 Å². The van der Waals surface area contributed by atoms with E-state index in [2.05, 4.69) is 0 Å². The van der Waals surface area contributed by atoms with Crippen LogP contribution < -0.4 is 4.74 Å². The van der Waals surface area contributed by atoms with Crippen LogP contribution in [0.5, 0.6) is 5.75 Å². The summed E-state index contributed by atoms with van der Waals surface area (Å²) in [6, 6.07) is 7.24. The minimum Gasteiger partial charge on any atom is -0.443 e. The zero-order valence-corrected chi connectivity index (χ0v) is 14.8. The Hall–Kier alpha value is -2.50. The highest BCUT2D eigenvalue weighted by molar-refractivity contribution is 5.95. The Kier molecular flexibility index (Phi) is 5.17. The number of carbonyl (C=O) groups excluding carboxylic acids is 2. The third-order valence-corrected chi connectivity index (χ3v) is 3.48. The lowest BCUT2D eigenvalue weighted by Gasteiger charge is -2.19. The van der Waals surface area contributed by atoms with Gasteiger partial charge in [-0.1, -0.05) is 12.1 Å². The smallest absolute Gasteiger partial charge is 0.419 e. The van der Waals surface area contributed by atoms with Crippen LogP contribution in [0.3, 0.4) is 0 Å². The summed E-state index contributed by atoms with van der Waals surface area (Å²) in [5, 5.41) is 0.684. The molecule has 0 saturated heterocycles. The molecule has 0 aliphatic rings. The maximum atomic E-state index is 12.4. The first kappa shape index (κ1) is 17.8. The molecule has 0 N–H and O–H groups in total. The van der Waals surface area contributed by atoms with Crippen molar-refractivity contribution >= 4 is 23.1 Å². The van der Waals surface area contributed by atoms with Crippen LogP contribution in [0.2, 0.25) is 0 Å². The quantitative estimate of drug-likeness (QED) is 0.842. The summed E-state index contributed by atoms with van der Waals surface area (Å²) in [6.07, 6.45) is 0.552. The van der Waals surface area contributed by atoms with Gasteiger partial charge in [0.1, 0.15) is 5.60 Å². The molecular weight excluding hydrogens is 308 g/mol. The molecule has 6 heteroatoms. The van der Waals surface area contributed by atoms with Crippen molar-refractivity contribution < 1.29 is 19.1 Å². The zero-order valence-electron chi connectivity index (χ0n) is 14.8. The Morgan fingerprint density at radius 1 is 1.12 bits per heavy atom. The minimum atomic E-state index is -0.611. The van der Waals surface area contributed by atoms with Gasteiger partial charge in [-0.15, -0.1) is 0 Å². The second-order valence-corrected chi connectivity index (χ2v) is 6.40. The molecule has 6 nitrogen and oxygen atoms in total. The first-order valence-electron chi connectivity index (χ1n) is 8.07. The molecule has 2 aromatic rings. The topological polar surface area (TPSA) is 60.8 Å². The van der Waals surface area contributed by atoms with Crippen molar-refractivity contribution in [1.29, 1.82) is 0 Å². The SMILES string of the molecule is CCN(CC)C(=O)Oc1cn(C(=O)OC(C)(C)C)c2ccccc12. The normalized spacial score (nSPS) is 11.4. The van der Waals surface area contributed by atoms with Gasteiger partial charge in [-0.2, -0.15) is 0 Å². The van der Waals surface area contributed by atoms with Crippen LogP contribution >= 0.6 is 0 Å². The molecule has 0 saturated carbocycles. The highest BCUT2D eigenvalue weighted by Crippen LogP contribution is 2.29. The molecule has 0 unspecified atom stereocenters. The molecule has 24 heavy (non-hydrogen) atoms. The highest BCUT2D eigenvalue weighted by Gasteiger charge is 2.22. The molecule has 1 heterocycles. The van der Waals surface area contributed by atoms with Gasteiger partial charge in [-0.3, -0.25) is 0 Å². The Bertz CT molecular complexity index is 739. The number of nitrogens with zero attached hydrogens (tertiary/aromatic N) is 2. The van der Waals surface area contributed by atoms with Crippen molar-refractivity contribution in [3.8, 4) is 5.75 Å². The van der Waals surface area contributed by atoms with Crippen LogP contribution in [-0.4, -0.2) is 40.3 Å². The number of para-hydroxylation sites is 1. The monoisotopic (exact) mass is 332 g/mol. The lowest BCUT2D eigenvalue weighted by molar-refractivity contribution is 0.0543. The van der Waals surface area contributed by atoms with Gasteiger partial charge in [0.15, 0.2) is 5.75 Å². The van der Waals surface area contributed by atoms with Gasteiger partial charge in [0.05, 0.1) is 11.7 Å². The molecule has 1 amide bonds. The number of benzene rings is 1. The largest absolute Gasteiger partial charge is 0.443 e. The second-order valence-electron chi connectivity index (χ2n) is 6.40. The second kappa shape index (κ2) is 6.95. The Balaban J connectivity index is 2.39. The van der Waals surface area contributed by atoms with Gasteiger partial charge in [0.25, 0.3) is 0 Å². The number of aromatic nitrogens is 1. The average Bonchev–Trinajstić information content (AvgIpc) is 2.86. The number of amides is 1.